The van der Waals surface area contributed by atoms with Crippen LogP contribution in [0, 0.1) is 0 Å². The molecule has 0 saturated carbocycles. The molecule has 0 aromatic rings. The van der Waals surface area contributed by atoms with E-state index in [4.69, 9.17) is 11.5 Å². The minimum atomic E-state index is -0.480. The summed E-state index contributed by atoms with van der Waals surface area (Å²) in [6.07, 6.45) is 17.6. The Balaban J connectivity index is 0. The van der Waals surface area contributed by atoms with Crippen LogP contribution >= 0.6 is 24.8 Å². The highest BCUT2D eigenvalue weighted by Crippen LogP contribution is 2.19. The number of likely N-dealkylation sites (tertiary alicyclic amines) is 1. The van der Waals surface area contributed by atoms with Crippen LogP contribution in [0.4, 0.5) is 0 Å². The molecule has 1 saturated heterocycles. The number of halogens is 2. The first kappa shape index (κ1) is 33.6. The van der Waals surface area contributed by atoms with E-state index in [0.29, 0.717) is 25.9 Å². The molecule has 0 aromatic heterocycles. The molecular weight excluding hydrogens is 447 g/mol. The van der Waals surface area contributed by atoms with Crippen molar-refractivity contribution in [3.8, 4) is 0 Å². The Labute approximate surface area is 209 Å². The van der Waals surface area contributed by atoms with E-state index < -0.39 is 6.04 Å². The molecule has 1 rings (SSSR count). The van der Waals surface area contributed by atoms with E-state index in [0.717, 1.165) is 51.5 Å². The molecule has 6 nitrogen and oxygen atoms in total. The Morgan fingerprint density at radius 3 is 2.19 bits per heavy atom. The van der Waals surface area contributed by atoms with Gasteiger partial charge in [0.1, 0.15) is 0 Å². The standard InChI is InChI=1S/C24H48N4O2.2ClH/c1-2-3-4-5-6-7-8-9-10-17-23(29)28-19-14-12-15-21(28)20-27-24(30)22(26)16-11-13-18-25;;/h21-22H,2-20,25-26H2,1H3,(H,27,30);2*1H. The molecule has 1 aliphatic heterocycles. The molecular formula is C24H50Cl2N4O2. The van der Waals surface area contributed by atoms with Crippen molar-refractivity contribution in [1.29, 1.82) is 0 Å². The van der Waals surface area contributed by atoms with Crippen molar-refractivity contribution in [1.82, 2.24) is 10.2 Å². The largest absolute Gasteiger partial charge is 0.353 e. The van der Waals surface area contributed by atoms with Gasteiger partial charge in [-0.25, -0.2) is 0 Å². The second kappa shape index (κ2) is 22.2. The zero-order valence-electron chi connectivity index (χ0n) is 20.3. The van der Waals surface area contributed by atoms with E-state index >= 15 is 0 Å². The summed E-state index contributed by atoms with van der Waals surface area (Å²) in [7, 11) is 0. The van der Waals surface area contributed by atoms with Crippen molar-refractivity contribution >= 4 is 36.6 Å². The molecule has 0 radical (unpaired) electrons. The fourth-order valence-corrected chi connectivity index (χ4v) is 4.26. The highest BCUT2D eigenvalue weighted by atomic mass is 35.5. The number of hydrogen-bond acceptors (Lipinski definition) is 4. The molecule has 8 heteroatoms. The predicted molar refractivity (Wildman–Crippen MR) is 140 cm³/mol. The van der Waals surface area contributed by atoms with E-state index in [1.165, 1.54) is 44.9 Å². The summed E-state index contributed by atoms with van der Waals surface area (Å²) in [5, 5.41) is 2.98. The number of nitrogens with one attached hydrogen (secondary N) is 1. The summed E-state index contributed by atoms with van der Waals surface area (Å²) in [5.41, 5.74) is 11.5. The Bertz CT molecular complexity index is 469. The van der Waals surface area contributed by atoms with Gasteiger partial charge in [0.15, 0.2) is 0 Å². The van der Waals surface area contributed by atoms with Gasteiger partial charge >= 0.3 is 0 Å². The van der Waals surface area contributed by atoms with Crippen LogP contribution in [0.1, 0.15) is 110 Å². The van der Waals surface area contributed by atoms with Gasteiger partial charge in [-0.3, -0.25) is 9.59 Å². The van der Waals surface area contributed by atoms with Crippen molar-refractivity contribution in [2.45, 2.75) is 122 Å². The summed E-state index contributed by atoms with van der Waals surface area (Å²) in [6, 6.07) is -0.365. The third-order valence-corrected chi connectivity index (χ3v) is 6.26. The van der Waals surface area contributed by atoms with Crippen molar-refractivity contribution in [3.05, 3.63) is 0 Å². The normalized spacial score (nSPS) is 16.6. The van der Waals surface area contributed by atoms with Gasteiger partial charge in [-0.2, -0.15) is 0 Å². The molecule has 1 aliphatic rings. The maximum Gasteiger partial charge on any atom is 0.236 e. The highest BCUT2D eigenvalue weighted by molar-refractivity contribution is 5.85. The molecule has 0 spiro atoms. The lowest BCUT2D eigenvalue weighted by Gasteiger charge is -2.36. The van der Waals surface area contributed by atoms with Gasteiger partial charge in [0, 0.05) is 25.6 Å². The number of carbonyl (C=O) groups is 2. The fraction of sp³-hybridized carbons (Fsp3) is 0.917. The predicted octanol–water partition coefficient (Wildman–Crippen LogP) is 4.70. The number of piperidine rings is 1. The minimum Gasteiger partial charge on any atom is -0.353 e. The summed E-state index contributed by atoms with van der Waals surface area (Å²) < 4.78 is 0. The topological polar surface area (TPSA) is 101 Å². The van der Waals surface area contributed by atoms with Gasteiger partial charge in [-0.05, 0) is 45.1 Å². The summed E-state index contributed by atoms with van der Waals surface area (Å²) in [6.45, 7) is 4.22. The highest BCUT2D eigenvalue weighted by Gasteiger charge is 2.27. The third-order valence-electron chi connectivity index (χ3n) is 6.26. The Morgan fingerprint density at radius 1 is 0.938 bits per heavy atom. The maximum atomic E-state index is 12.7. The monoisotopic (exact) mass is 496 g/mol. The number of carbonyl (C=O) groups excluding carboxylic acids is 2. The average molecular weight is 498 g/mol. The number of unbranched alkanes of at least 4 members (excludes halogenated alkanes) is 9. The molecule has 1 fully saturated rings. The third kappa shape index (κ3) is 15.3. The molecule has 192 valence electrons. The second-order valence-corrected chi connectivity index (χ2v) is 8.95. The quantitative estimate of drug-likeness (QED) is 0.254. The van der Waals surface area contributed by atoms with Crippen LogP contribution in [0.25, 0.3) is 0 Å². The van der Waals surface area contributed by atoms with E-state index in [-0.39, 0.29) is 42.7 Å². The van der Waals surface area contributed by atoms with Crippen LogP contribution in [0.15, 0.2) is 0 Å². The summed E-state index contributed by atoms with van der Waals surface area (Å²) >= 11 is 0. The fourth-order valence-electron chi connectivity index (χ4n) is 4.26. The molecule has 2 atom stereocenters. The summed E-state index contributed by atoms with van der Waals surface area (Å²) in [4.78, 5) is 27.0. The molecule has 32 heavy (non-hydrogen) atoms. The van der Waals surface area contributed by atoms with Gasteiger partial charge in [-0.15, -0.1) is 24.8 Å². The van der Waals surface area contributed by atoms with Crippen LogP contribution < -0.4 is 16.8 Å². The molecule has 0 aromatic carbocycles. The van der Waals surface area contributed by atoms with E-state index in [1.54, 1.807) is 0 Å². The Kier molecular flexibility index (Phi) is 23.4. The van der Waals surface area contributed by atoms with Crippen molar-refractivity contribution < 1.29 is 9.59 Å². The van der Waals surface area contributed by atoms with Gasteiger partial charge in [0.05, 0.1) is 6.04 Å². The molecule has 0 bridgehead atoms. The van der Waals surface area contributed by atoms with Crippen molar-refractivity contribution in [2.75, 3.05) is 19.6 Å². The number of nitrogens with zero attached hydrogens (tertiary/aromatic N) is 1. The first-order chi connectivity index (χ1) is 14.6. The van der Waals surface area contributed by atoms with E-state index in [1.807, 2.05) is 4.90 Å². The van der Waals surface area contributed by atoms with E-state index in [2.05, 4.69) is 12.2 Å². The maximum absolute atomic E-state index is 12.7. The molecule has 2 amide bonds. The lowest BCUT2D eigenvalue weighted by molar-refractivity contribution is -0.135. The van der Waals surface area contributed by atoms with Gasteiger partial charge in [0.2, 0.25) is 11.8 Å². The molecule has 2 unspecified atom stereocenters. The first-order valence-corrected chi connectivity index (χ1v) is 12.6. The van der Waals surface area contributed by atoms with E-state index in [9.17, 15) is 9.59 Å². The van der Waals surface area contributed by atoms with Crippen molar-refractivity contribution in [3.63, 3.8) is 0 Å². The number of nitrogens with two attached hydrogens (primary N) is 2. The van der Waals surface area contributed by atoms with Gasteiger partial charge in [0.25, 0.3) is 0 Å². The smallest absolute Gasteiger partial charge is 0.236 e. The number of rotatable bonds is 17. The van der Waals surface area contributed by atoms with Crippen molar-refractivity contribution in [2.24, 2.45) is 11.5 Å². The molecule has 0 aliphatic carbocycles. The van der Waals surface area contributed by atoms with Crippen LogP contribution in [0.3, 0.4) is 0 Å². The summed E-state index contributed by atoms with van der Waals surface area (Å²) in [5.74, 6) is 0.146. The number of hydrogen-bond donors (Lipinski definition) is 3. The second-order valence-electron chi connectivity index (χ2n) is 8.95. The Morgan fingerprint density at radius 2 is 1.56 bits per heavy atom. The zero-order chi connectivity index (χ0) is 22.0. The lowest BCUT2D eigenvalue weighted by atomic mass is 10.0. The first-order valence-electron chi connectivity index (χ1n) is 12.6. The van der Waals surface area contributed by atoms with Crippen LogP contribution in [0.2, 0.25) is 0 Å². The van der Waals surface area contributed by atoms with Gasteiger partial charge in [-0.1, -0.05) is 64.7 Å². The average Bonchev–Trinajstić information content (AvgIpc) is 2.76. The van der Waals surface area contributed by atoms with Crippen LogP contribution in [-0.4, -0.2) is 48.4 Å². The lowest BCUT2D eigenvalue weighted by Crippen LogP contribution is -2.51. The zero-order valence-corrected chi connectivity index (χ0v) is 22.0. The van der Waals surface area contributed by atoms with Crippen LogP contribution in [0.5, 0.6) is 0 Å². The van der Waals surface area contributed by atoms with Gasteiger partial charge < -0.3 is 21.7 Å². The SMILES string of the molecule is CCCCCCCCCCCC(=O)N1CCCCC1CNC(=O)C(N)CCCCN.Cl.Cl. The van der Waals surface area contributed by atoms with Crippen LogP contribution in [-0.2, 0) is 9.59 Å². The minimum absolute atomic E-state index is 0. The Hall–Kier alpha value is -0.560. The number of amides is 2. The molecule has 5 N–H and O–H groups in total. The molecule has 1 heterocycles.